The smallest absolute Gasteiger partial charge is 0.245 e. The number of ether oxygens (including phenoxy) is 1. The third-order valence-corrected chi connectivity index (χ3v) is 4.31. The lowest BCUT2D eigenvalue weighted by molar-refractivity contribution is -0.116. The molecule has 2 aliphatic heterocycles. The second-order valence-corrected chi connectivity index (χ2v) is 5.83. The van der Waals surface area contributed by atoms with Crippen LogP contribution in [0.2, 0.25) is 0 Å². The van der Waals surface area contributed by atoms with Crippen LogP contribution in [0.1, 0.15) is 18.5 Å². The lowest BCUT2D eigenvalue weighted by Crippen LogP contribution is -2.43. The first kappa shape index (κ1) is 12.9. The Hall–Kier alpha value is -1.11. The zero-order chi connectivity index (χ0) is 13.6. The monoisotopic (exact) mass is 325 g/mol. The first-order valence-corrected chi connectivity index (χ1v) is 7.11. The average Bonchev–Trinajstić information content (AvgIpc) is 2.66. The molecule has 0 radical (unpaired) electrons. The van der Waals surface area contributed by atoms with Crippen LogP contribution in [-0.4, -0.2) is 31.7 Å². The van der Waals surface area contributed by atoms with Crippen molar-refractivity contribution in [3.05, 3.63) is 22.2 Å². The van der Waals surface area contributed by atoms with E-state index in [4.69, 9.17) is 10.5 Å². The van der Waals surface area contributed by atoms with Gasteiger partial charge in [-0.25, -0.2) is 0 Å². The van der Waals surface area contributed by atoms with Crippen LogP contribution < -0.4 is 16.0 Å². The summed E-state index contributed by atoms with van der Waals surface area (Å²) in [7, 11) is 0. The topological polar surface area (TPSA) is 67.6 Å². The largest absolute Gasteiger partial charge is 0.377 e. The van der Waals surface area contributed by atoms with E-state index < -0.39 is 6.04 Å². The summed E-state index contributed by atoms with van der Waals surface area (Å²) in [6.45, 7) is 4.41. The predicted octanol–water partition coefficient (Wildman–Crippen LogP) is 1.63. The number of fused-ring (bicyclic) bond motifs is 1. The molecule has 5 nitrogen and oxygen atoms in total. The minimum Gasteiger partial charge on any atom is -0.377 e. The van der Waals surface area contributed by atoms with Crippen LogP contribution in [0.25, 0.3) is 0 Å². The molecule has 1 saturated heterocycles. The molecule has 0 aliphatic carbocycles. The van der Waals surface area contributed by atoms with Gasteiger partial charge in [0, 0.05) is 28.3 Å². The Kier molecular flexibility index (Phi) is 3.24. The Balaban J connectivity index is 2.00. The molecule has 0 saturated carbocycles. The number of carbonyl (C=O) groups is 1. The van der Waals surface area contributed by atoms with Crippen molar-refractivity contribution in [2.45, 2.75) is 19.0 Å². The third kappa shape index (κ3) is 2.13. The van der Waals surface area contributed by atoms with Crippen LogP contribution in [0, 0.1) is 0 Å². The maximum atomic E-state index is 11.6. The first-order valence-electron chi connectivity index (χ1n) is 6.32. The number of morpholine rings is 1. The van der Waals surface area contributed by atoms with Crippen molar-refractivity contribution in [3.63, 3.8) is 0 Å². The maximum Gasteiger partial charge on any atom is 0.245 e. The van der Waals surface area contributed by atoms with Crippen molar-refractivity contribution >= 4 is 33.2 Å². The summed E-state index contributed by atoms with van der Waals surface area (Å²) >= 11 is 3.58. The fraction of sp³-hybridized carbons (Fsp3) is 0.462. The van der Waals surface area contributed by atoms with Gasteiger partial charge >= 0.3 is 0 Å². The number of halogens is 1. The Morgan fingerprint density at radius 3 is 3.05 bits per heavy atom. The quantitative estimate of drug-likeness (QED) is 0.823. The van der Waals surface area contributed by atoms with Crippen LogP contribution in [0.5, 0.6) is 0 Å². The van der Waals surface area contributed by atoms with Gasteiger partial charge in [-0.2, -0.15) is 0 Å². The van der Waals surface area contributed by atoms with Crippen LogP contribution in [0.4, 0.5) is 11.4 Å². The van der Waals surface area contributed by atoms with Gasteiger partial charge in [-0.1, -0.05) is 0 Å². The molecule has 102 valence electrons. The molecular formula is C13H16BrN3O2. The highest BCUT2D eigenvalue weighted by Gasteiger charge is 2.30. The second kappa shape index (κ2) is 4.77. The molecule has 1 fully saturated rings. The molecular weight excluding hydrogens is 310 g/mol. The molecule has 2 unspecified atom stereocenters. The van der Waals surface area contributed by atoms with Gasteiger partial charge in [-0.15, -0.1) is 0 Å². The van der Waals surface area contributed by atoms with Gasteiger partial charge < -0.3 is 20.7 Å². The van der Waals surface area contributed by atoms with E-state index in [1.165, 1.54) is 0 Å². The van der Waals surface area contributed by atoms with Crippen molar-refractivity contribution in [2.75, 3.05) is 30.0 Å². The molecule has 2 atom stereocenters. The summed E-state index contributed by atoms with van der Waals surface area (Å²) in [6, 6.07) is 3.68. The van der Waals surface area contributed by atoms with Gasteiger partial charge in [0.25, 0.3) is 0 Å². The predicted molar refractivity (Wildman–Crippen MR) is 77.3 cm³/mol. The highest BCUT2D eigenvalue weighted by Crippen LogP contribution is 2.39. The van der Waals surface area contributed by atoms with E-state index in [2.05, 4.69) is 33.1 Å². The Morgan fingerprint density at radius 1 is 1.53 bits per heavy atom. The number of benzene rings is 1. The number of rotatable bonds is 1. The third-order valence-electron chi connectivity index (χ3n) is 3.67. The molecule has 0 bridgehead atoms. The zero-order valence-corrected chi connectivity index (χ0v) is 12.2. The maximum absolute atomic E-state index is 11.6. The fourth-order valence-electron chi connectivity index (χ4n) is 2.60. The second-order valence-electron chi connectivity index (χ2n) is 4.98. The van der Waals surface area contributed by atoms with Crippen LogP contribution >= 0.6 is 15.9 Å². The lowest BCUT2D eigenvalue weighted by atomic mass is 10.1. The summed E-state index contributed by atoms with van der Waals surface area (Å²) in [4.78, 5) is 13.9. The summed E-state index contributed by atoms with van der Waals surface area (Å²) in [6.07, 6.45) is 0. The molecule has 2 aliphatic rings. The Morgan fingerprint density at radius 2 is 2.32 bits per heavy atom. The van der Waals surface area contributed by atoms with Crippen molar-refractivity contribution < 1.29 is 9.53 Å². The summed E-state index contributed by atoms with van der Waals surface area (Å²) < 4.78 is 6.42. The van der Waals surface area contributed by atoms with E-state index in [0.29, 0.717) is 6.04 Å². The highest BCUT2D eigenvalue weighted by molar-refractivity contribution is 9.10. The van der Waals surface area contributed by atoms with Gasteiger partial charge in [0.2, 0.25) is 5.91 Å². The molecule has 0 spiro atoms. The average molecular weight is 326 g/mol. The van der Waals surface area contributed by atoms with E-state index >= 15 is 0 Å². The van der Waals surface area contributed by atoms with Crippen molar-refractivity contribution in [2.24, 2.45) is 5.73 Å². The number of nitrogens with one attached hydrogen (secondary N) is 1. The van der Waals surface area contributed by atoms with Gasteiger partial charge in [0.15, 0.2) is 0 Å². The Labute approximate surface area is 120 Å². The molecule has 1 amide bonds. The first-order chi connectivity index (χ1) is 9.08. The van der Waals surface area contributed by atoms with E-state index in [9.17, 15) is 4.79 Å². The van der Waals surface area contributed by atoms with Gasteiger partial charge in [-0.05, 0) is 35.0 Å². The van der Waals surface area contributed by atoms with Gasteiger partial charge in [0.1, 0.15) is 6.04 Å². The number of anilines is 2. The lowest BCUT2D eigenvalue weighted by Gasteiger charge is -2.36. The summed E-state index contributed by atoms with van der Waals surface area (Å²) in [5.74, 6) is -0.144. The minimum atomic E-state index is -0.567. The fourth-order valence-corrected chi connectivity index (χ4v) is 3.19. The SMILES string of the molecule is CC1COCCN1c1cc2c(cc1Br)C(N)C(=O)N2. The van der Waals surface area contributed by atoms with E-state index in [0.717, 1.165) is 41.2 Å². The highest BCUT2D eigenvalue weighted by atomic mass is 79.9. The van der Waals surface area contributed by atoms with Gasteiger partial charge in [-0.3, -0.25) is 4.79 Å². The van der Waals surface area contributed by atoms with E-state index in [-0.39, 0.29) is 5.91 Å². The molecule has 1 aromatic carbocycles. The molecule has 6 heteroatoms. The van der Waals surface area contributed by atoms with Gasteiger partial charge in [0.05, 0.1) is 18.9 Å². The number of amides is 1. The zero-order valence-electron chi connectivity index (χ0n) is 10.6. The van der Waals surface area contributed by atoms with Crippen LogP contribution in [0.3, 0.4) is 0 Å². The molecule has 3 N–H and O–H groups in total. The number of nitrogens with zero attached hydrogens (tertiary/aromatic N) is 1. The number of hydrogen-bond acceptors (Lipinski definition) is 4. The van der Waals surface area contributed by atoms with Crippen LogP contribution in [-0.2, 0) is 9.53 Å². The normalized spacial score (nSPS) is 26.3. The molecule has 1 aromatic rings. The Bertz CT molecular complexity index is 535. The van der Waals surface area contributed by atoms with Crippen molar-refractivity contribution in [1.29, 1.82) is 0 Å². The molecule has 3 rings (SSSR count). The van der Waals surface area contributed by atoms with E-state index in [1.807, 2.05) is 12.1 Å². The molecule has 19 heavy (non-hydrogen) atoms. The van der Waals surface area contributed by atoms with Crippen molar-refractivity contribution in [1.82, 2.24) is 0 Å². The summed E-state index contributed by atoms with van der Waals surface area (Å²) in [5.41, 5.74) is 8.58. The molecule has 2 heterocycles. The molecule has 0 aromatic heterocycles. The van der Waals surface area contributed by atoms with E-state index in [1.54, 1.807) is 0 Å². The number of hydrogen-bond donors (Lipinski definition) is 2. The number of nitrogens with two attached hydrogens (primary N) is 1. The van der Waals surface area contributed by atoms with Crippen LogP contribution in [0.15, 0.2) is 16.6 Å². The minimum absolute atomic E-state index is 0.144. The standard InChI is InChI=1S/C13H16BrN3O2/c1-7-6-19-3-2-17(7)11-5-10-8(4-9(11)14)12(15)13(18)16-10/h4-5,7,12H,2-3,6,15H2,1H3,(H,16,18). The number of carbonyl (C=O) groups excluding carboxylic acids is 1. The summed E-state index contributed by atoms with van der Waals surface area (Å²) in [5, 5.41) is 2.83. The van der Waals surface area contributed by atoms with Crippen molar-refractivity contribution in [3.8, 4) is 0 Å².